The van der Waals surface area contributed by atoms with Gasteiger partial charge < -0.3 is 10.1 Å². The van der Waals surface area contributed by atoms with Gasteiger partial charge in [-0.25, -0.2) is 9.78 Å². The molecule has 1 aliphatic rings. The lowest BCUT2D eigenvalue weighted by Crippen LogP contribution is -2.35. The summed E-state index contributed by atoms with van der Waals surface area (Å²) >= 11 is 0. The van der Waals surface area contributed by atoms with Crippen molar-refractivity contribution in [2.45, 2.75) is 31.7 Å². The van der Waals surface area contributed by atoms with Crippen LogP contribution in [0.3, 0.4) is 0 Å². The van der Waals surface area contributed by atoms with E-state index in [9.17, 15) is 14.7 Å². The molecule has 0 saturated heterocycles. The van der Waals surface area contributed by atoms with Gasteiger partial charge in [-0.1, -0.05) is 0 Å². The third-order valence-electron chi connectivity index (χ3n) is 4.92. The highest BCUT2D eigenvalue weighted by molar-refractivity contribution is 6.01. The van der Waals surface area contributed by atoms with Crippen molar-refractivity contribution < 1.29 is 5.11 Å². The summed E-state index contributed by atoms with van der Waals surface area (Å²) < 4.78 is 1.71. The zero-order valence-corrected chi connectivity index (χ0v) is 12.6. The van der Waals surface area contributed by atoms with Crippen LogP contribution < -0.4 is 11.2 Å². The standard InChI is InChI=1S/C16H18N4O3/c21-8-9-1-3-10(4-2-9)20-13-11-5-6-17-14(11)18-7-12(13)15(22)19-16(20)23/h5-7,9-10,21H,1-4,8H2,(H,17,18)(H,19,22,23)/t9-,10-. The molecular formula is C16H18N4O3. The van der Waals surface area contributed by atoms with Crippen molar-refractivity contribution in [3.63, 3.8) is 0 Å². The van der Waals surface area contributed by atoms with Crippen molar-refractivity contribution >= 4 is 21.9 Å². The zero-order chi connectivity index (χ0) is 16.0. The van der Waals surface area contributed by atoms with Crippen molar-refractivity contribution in [1.29, 1.82) is 0 Å². The molecule has 3 aromatic rings. The average Bonchev–Trinajstić information content (AvgIpc) is 3.04. The monoisotopic (exact) mass is 314 g/mol. The van der Waals surface area contributed by atoms with Gasteiger partial charge in [0, 0.05) is 30.4 Å². The first-order chi connectivity index (χ1) is 11.2. The molecule has 1 fully saturated rings. The number of fused-ring (bicyclic) bond motifs is 3. The summed E-state index contributed by atoms with van der Waals surface area (Å²) in [6.45, 7) is 0.194. The fraction of sp³-hybridized carbons (Fsp3) is 0.438. The summed E-state index contributed by atoms with van der Waals surface area (Å²) in [5.41, 5.74) is 0.544. The molecule has 0 spiro atoms. The Labute approximate surface area is 131 Å². The third kappa shape index (κ3) is 2.19. The number of H-pyrrole nitrogens is 2. The number of hydrogen-bond acceptors (Lipinski definition) is 4. The number of hydrogen-bond donors (Lipinski definition) is 3. The lowest BCUT2D eigenvalue weighted by molar-refractivity contribution is 0.168. The van der Waals surface area contributed by atoms with E-state index in [0.29, 0.717) is 22.5 Å². The summed E-state index contributed by atoms with van der Waals surface area (Å²) in [6, 6.07) is 1.88. The molecule has 3 N–H and O–H groups in total. The smallest absolute Gasteiger partial charge is 0.329 e. The van der Waals surface area contributed by atoms with Crippen LogP contribution in [0.15, 0.2) is 28.0 Å². The first-order valence-electron chi connectivity index (χ1n) is 7.90. The van der Waals surface area contributed by atoms with E-state index >= 15 is 0 Å². The van der Waals surface area contributed by atoms with E-state index in [1.54, 1.807) is 10.8 Å². The number of nitrogens with zero attached hydrogens (tertiary/aromatic N) is 2. The predicted octanol–water partition coefficient (Wildman–Crippen LogP) is 1.29. The number of aromatic amines is 2. The van der Waals surface area contributed by atoms with E-state index in [1.807, 2.05) is 6.07 Å². The first-order valence-corrected chi connectivity index (χ1v) is 7.90. The van der Waals surface area contributed by atoms with Gasteiger partial charge in [0.05, 0.1) is 10.9 Å². The van der Waals surface area contributed by atoms with Gasteiger partial charge >= 0.3 is 5.69 Å². The van der Waals surface area contributed by atoms with Gasteiger partial charge in [0.1, 0.15) is 5.65 Å². The van der Waals surface area contributed by atoms with Crippen molar-refractivity contribution in [3.8, 4) is 0 Å². The molecule has 1 aliphatic carbocycles. The Bertz CT molecular complexity index is 976. The van der Waals surface area contributed by atoms with Gasteiger partial charge in [0.25, 0.3) is 5.56 Å². The number of pyridine rings is 1. The molecule has 23 heavy (non-hydrogen) atoms. The van der Waals surface area contributed by atoms with E-state index in [1.165, 1.54) is 6.20 Å². The van der Waals surface area contributed by atoms with Crippen LogP contribution in [0.2, 0.25) is 0 Å². The van der Waals surface area contributed by atoms with Crippen LogP contribution in [-0.4, -0.2) is 31.2 Å². The summed E-state index contributed by atoms with van der Waals surface area (Å²) in [5.74, 6) is 0.310. The highest BCUT2D eigenvalue weighted by atomic mass is 16.3. The number of rotatable bonds is 2. The molecule has 0 atom stereocenters. The van der Waals surface area contributed by atoms with Crippen molar-refractivity contribution in [2.75, 3.05) is 6.61 Å². The van der Waals surface area contributed by atoms with Crippen LogP contribution >= 0.6 is 0 Å². The maximum atomic E-state index is 12.5. The van der Waals surface area contributed by atoms with Gasteiger partial charge in [-0.15, -0.1) is 0 Å². The maximum absolute atomic E-state index is 12.5. The minimum absolute atomic E-state index is 0.0325. The number of nitrogens with one attached hydrogen (secondary N) is 2. The quantitative estimate of drug-likeness (QED) is 0.663. The third-order valence-corrected chi connectivity index (χ3v) is 4.92. The average molecular weight is 314 g/mol. The summed E-state index contributed by atoms with van der Waals surface area (Å²) in [6.07, 6.45) is 6.68. The maximum Gasteiger partial charge on any atom is 0.329 e. The van der Waals surface area contributed by atoms with Gasteiger partial charge in [-0.05, 0) is 37.7 Å². The van der Waals surface area contributed by atoms with Crippen LogP contribution in [0.25, 0.3) is 21.9 Å². The molecule has 7 heteroatoms. The van der Waals surface area contributed by atoms with Crippen molar-refractivity contribution in [2.24, 2.45) is 5.92 Å². The van der Waals surface area contributed by atoms with Crippen LogP contribution in [0, 0.1) is 5.92 Å². The molecule has 0 amide bonds. The Balaban J connectivity index is 1.97. The van der Waals surface area contributed by atoms with Gasteiger partial charge in [-0.2, -0.15) is 0 Å². The minimum atomic E-state index is -0.402. The van der Waals surface area contributed by atoms with Crippen LogP contribution in [0.4, 0.5) is 0 Å². The Hall–Kier alpha value is -2.41. The summed E-state index contributed by atoms with van der Waals surface area (Å²) in [4.78, 5) is 34.3. The highest BCUT2D eigenvalue weighted by Gasteiger charge is 2.25. The van der Waals surface area contributed by atoms with Gasteiger partial charge in [-0.3, -0.25) is 14.3 Å². The molecule has 3 aromatic heterocycles. The largest absolute Gasteiger partial charge is 0.396 e. The number of aliphatic hydroxyl groups is 1. The zero-order valence-electron chi connectivity index (χ0n) is 12.6. The Morgan fingerprint density at radius 1 is 1.22 bits per heavy atom. The lowest BCUT2D eigenvalue weighted by atomic mass is 9.86. The van der Waals surface area contributed by atoms with E-state index < -0.39 is 5.56 Å². The fourth-order valence-electron chi connectivity index (χ4n) is 3.68. The van der Waals surface area contributed by atoms with Crippen molar-refractivity contribution in [3.05, 3.63) is 39.3 Å². The molecule has 3 heterocycles. The molecule has 120 valence electrons. The molecule has 0 aliphatic heterocycles. The normalized spacial score (nSPS) is 22.0. The van der Waals surface area contributed by atoms with E-state index in [-0.39, 0.29) is 18.3 Å². The van der Waals surface area contributed by atoms with Crippen molar-refractivity contribution in [1.82, 2.24) is 19.5 Å². The second-order valence-electron chi connectivity index (χ2n) is 6.25. The molecule has 1 saturated carbocycles. The second-order valence-corrected chi connectivity index (χ2v) is 6.25. The Morgan fingerprint density at radius 2 is 2.00 bits per heavy atom. The predicted molar refractivity (Wildman–Crippen MR) is 86.6 cm³/mol. The molecular weight excluding hydrogens is 296 g/mol. The molecule has 0 aromatic carbocycles. The lowest BCUT2D eigenvalue weighted by Gasteiger charge is -2.29. The molecule has 7 nitrogen and oxygen atoms in total. The van der Waals surface area contributed by atoms with Crippen LogP contribution in [0.5, 0.6) is 0 Å². The Morgan fingerprint density at radius 3 is 2.74 bits per heavy atom. The van der Waals surface area contributed by atoms with Gasteiger partial charge in [0.15, 0.2) is 0 Å². The first kappa shape index (κ1) is 14.2. The molecule has 0 bridgehead atoms. The topological polar surface area (TPSA) is 104 Å². The van der Waals surface area contributed by atoms with E-state index in [0.717, 1.165) is 31.1 Å². The minimum Gasteiger partial charge on any atom is -0.396 e. The SMILES string of the molecule is O=c1[nH]c(=O)n([C@H]2CC[C@H](CO)CC2)c2c1cnc1[nH]ccc12. The fourth-order valence-corrected chi connectivity index (χ4v) is 3.68. The summed E-state index contributed by atoms with van der Waals surface area (Å²) in [7, 11) is 0. The second kappa shape index (κ2) is 5.34. The van der Waals surface area contributed by atoms with Gasteiger partial charge in [0.2, 0.25) is 0 Å². The highest BCUT2D eigenvalue weighted by Crippen LogP contribution is 2.33. The van der Waals surface area contributed by atoms with E-state index in [2.05, 4.69) is 15.0 Å². The summed E-state index contributed by atoms with van der Waals surface area (Å²) in [5, 5.41) is 10.5. The molecule has 0 radical (unpaired) electrons. The molecule has 4 rings (SSSR count). The number of aromatic nitrogens is 4. The molecule has 0 unspecified atom stereocenters. The Kier molecular flexibility index (Phi) is 3.30. The van der Waals surface area contributed by atoms with E-state index in [4.69, 9.17) is 0 Å². The number of aliphatic hydroxyl groups excluding tert-OH is 1. The van der Waals surface area contributed by atoms with Crippen LogP contribution in [0.1, 0.15) is 31.7 Å². The van der Waals surface area contributed by atoms with Crippen LogP contribution in [-0.2, 0) is 0 Å².